The Kier molecular flexibility index (Phi) is 5.63. The van der Waals surface area contributed by atoms with Crippen LogP contribution in [0.15, 0.2) is 84.9 Å². The normalized spacial score (nSPS) is 10.4. The van der Waals surface area contributed by atoms with Crippen molar-refractivity contribution in [2.24, 2.45) is 0 Å². The summed E-state index contributed by atoms with van der Waals surface area (Å²) >= 11 is 0. The number of ketones is 1. The minimum Gasteiger partial charge on any atom is -0.311 e. The fraction of sp³-hybridized carbons (Fsp3) is 0.174. The number of benzene rings is 3. The number of unbranched alkanes of at least 4 members (excludes halogenated alkanes) is 1. The lowest BCUT2D eigenvalue weighted by Gasteiger charge is -2.25. The van der Waals surface area contributed by atoms with Crippen molar-refractivity contribution in [1.29, 1.82) is 0 Å². The molecule has 3 rings (SSSR count). The molecule has 3 aromatic carbocycles. The van der Waals surface area contributed by atoms with Crippen molar-refractivity contribution in [1.82, 2.24) is 0 Å². The van der Waals surface area contributed by atoms with Crippen molar-refractivity contribution in [3.05, 3.63) is 90.5 Å². The van der Waals surface area contributed by atoms with Crippen LogP contribution in [-0.2, 0) is 0 Å². The number of Topliss-reactive ketones (excluding diaryl/α,β-unsaturated/α-hetero) is 1. The van der Waals surface area contributed by atoms with Gasteiger partial charge >= 0.3 is 0 Å². The van der Waals surface area contributed by atoms with Crippen LogP contribution >= 0.6 is 0 Å². The fourth-order valence-corrected chi connectivity index (χ4v) is 2.88. The summed E-state index contributed by atoms with van der Waals surface area (Å²) in [6, 6.07) is 28.5. The van der Waals surface area contributed by atoms with Crippen LogP contribution in [-0.4, -0.2) is 5.78 Å². The maximum absolute atomic E-state index is 12.2. The number of rotatable bonds is 7. The summed E-state index contributed by atoms with van der Waals surface area (Å²) in [6.45, 7) is 2.11. The first-order chi connectivity index (χ1) is 12.3. The second-order valence-corrected chi connectivity index (χ2v) is 6.08. The summed E-state index contributed by atoms with van der Waals surface area (Å²) in [5.74, 6) is 0.222. The van der Waals surface area contributed by atoms with E-state index in [1.165, 1.54) is 0 Å². The van der Waals surface area contributed by atoms with Crippen LogP contribution in [0, 0.1) is 0 Å². The molecule has 0 aliphatic carbocycles. The second kappa shape index (κ2) is 8.29. The van der Waals surface area contributed by atoms with Crippen LogP contribution in [0.2, 0.25) is 0 Å². The molecular weight excluding hydrogens is 306 g/mol. The van der Waals surface area contributed by atoms with Gasteiger partial charge in [-0.1, -0.05) is 49.7 Å². The highest BCUT2D eigenvalue weighted by Crippen LogP contribution is 2.34. The summed E-state index contributed by atoms with van der Waals surface area (Å²) < 4.78 is 0. The number of nitrogens with zero attached hydrogens (tertiary/aromatic N) is 1. The Labute approximate surface area is 149 Å². The van der Waals surface area contributed by atoms with Crippen LogP contribution in [0.25, 0.3) is 0 Å². The van der Waals surface area contributed by atoms with Gasteiger partial charge < -0.3 is 4.90 Å². The molecule has 25 heavy (non-hydrogen) atoms. The maximum Gasteiger partial charge on any atom is 0.162 e. The third-order valence-corrected chi connectivity index (χ3v) is 4.23. The fourth-order valence-electron chi connectivity index (χ4n) is 2.88. The smallest absolute Gasteiger partial charge is 0.162 e. The predicted octanol–water partition coefficient (Wildman–Crippen LogP) is 6.53. The van der Waals surface area contributed by atoms with E-state index in [-0.39, 0.29) is 5.78 Å². The average Bonchev–Trinajstić information content (AvgIpc) is 2.68. The first-order valence-electron chi connectivity index (χ1n) is 8.83. The largest absolute Gasteiger partial charge is 0.311 e. The lowest BCUT2D eigenvalue weighted by Crippen LogP contribution is -2.10. The first kappa shape index (κ1) is 17.0. The zero-order chi connectivity index (χ0) is 17.5. The Morgan fingerprint density at radius 3 is 1.68 bits per heavy atom. The lowest BCUT2D eigenvalue weighted by atomic mass is 10.0. The molecule has 0 aliphatic rings. The average molecular weight is 329 g/mol. The number of carbonyl (C=O) groups is 1. The summed E-state index contributed by atoms with van der Waals surface area (Å²) in [6.07, 6.45) is 2.61. The van der Waals surface area contributed by atoms with E-state index < -0.39 is 0 Å². The van der Waals surface area contributed by atoms with Gasteiger partial charge in [-0.05, 0) is 55.0 Å². The molecule has 0 amide bonds. The Morgan fingerprint density at radius 2 is 1.20 bits per heavy atom. The molecule has 0 aromatic heterocycles. The van der Waals surface area contributed by atoms with E-state index in [1.54, 1.807) is 0 Å². The van der Waals surface area contributed by atoms with E-state index in [1.807, 2.05) is 60.7 Å². The van der Waals surface area contributed by atoms with E-state index in [4.69, 9.17) is 0 Å². The molecule has 0 heterocycles. The number of carbonyl (C=O) groups excluding carboxylic acids is 1. The van der Waals surface area contributed by atoms with E-state index in [2.05, 4.69) is 36.1 Å². The molecule has 3 aromatic rings. The minimum absolute atomic E-state index is 0.222. The van der Waals surface area contributed by atoms with E-state index >= 15 is 0 Å². The standard InChI is InChI=1S/C23H23NO/c1-2-3-14-23(25)19-15-17-22(18-16-19)24(20-10-6-4-7-11-20)21-12-8-5-9-13-21/h4-13,15-18H,2-3,14H2,1H3. The molecule has 0 N–H and O–H groups in total. The third kappa shape index (κ3) is 4.16. The van der Waals surface area contributed by atoms with Gasteiger partial charge in [0.15, 0.2) is 5.78 Å². The molecule has 2 heteroatoms. The first-order valence-corrected chi connectivity index (χ1v) is 8.83. The van der Waals surface area contributed by atoms with Crippen molar-refractivity contribution in [2.45, 2.75) is 26.2 Å². The number of hydrogen-bond donors (Lipinski definition) is 0. The van der Waals surface area contributed by atoms with Crippen LogP contribution < -0.4 is 4.90 Å². The number of anilines is 3. The molecule has 0 aliphatic heterocycles. The molecule has 0 saturated carbocycles. The molecule has 0 fully saturated rings. The monoisotopic (exact) mass is 329 g/mol. The van der Waals surface area contributed by atoms with Gasteiger partial charge in [0, 0.05) is 29.0 Å². The third-order valence-electron chi connectivity index (χ3n) is 4.23. The zero-order valence-electron chi connectivity index (χ0n) is 14.6. The highest BCUT2D eigenvalue weighted by Gasteiger charge is 2.12. The summed E-state index contributed by atoms with van der Waals surface area (Å²) in [5, 5.41) is 0. The van der Waals surface area contributed by atoms with Gasteiger partial charge in [-0.3, -0.25) is 4.79 Å². The summed E-state index contributed by atoms with van der Waals surface area (Å²) in [7, 11) is 0. The Hall–Kier alpha value is -2.87. The van der Waals surface area contributed by atoms with Crippen LogP contribution in [0.5, 0.6) is 0 Å². The van der Waals surface area contributed by atoms with E-state index in [0.29, 0.717) is 6.42 Å². The van der Waals surface area contributed by atoms with Crippen molar-refractivity contribution < 1.29 is 4.79 Å². The van der Waals surface area contributed by atoms with Crippen LogP contribution in [0.1, 0.15) is 36.5 Å². The van der Waals surface area contributed by atoms with Crippen molar-refractivity contribution >= 4 is 22.8 Å². The molecule has 0 atom stereocenters. The number of hydrogen-bond acceptors (Lipinski definition) is 2. The molecular formula is C23H23NO. The second-order valence-electron chi connectivity index (χ2n) is 6.08. The molecule has 2 nitrogen and oxygen atoms in total. The van der Waals surface area contributed by atoms with Crippen LogP contribution in [0.4, 0.5) is 17.1 Å². The van der Waals surface area contributed by atoms with E-state index in [0.717, 1.165) is 35.5 Å². The highest BCUT2D eigenvalue weighted by molar-refractivity contribution is 5.96. The molecule has 0 saturated heterocycles. The van der Waals surface area contributed by atoms with Crippen LogP contribution in [0.3, 0.4) is 0 Å². The van der Waals surface area contributed by atoms with Gasteiger partial charge in [-0.25, -0.2) is 0 Å². The lowest BCUT2D eigenvalue weighted by molar-refractivity contribution is 0.0980. The Bertz CT molecular complexity index is 755. The molecule has 126 valence electrons. The SMILES string of the molecule is CCCCC(=O)c1ccc(N(c2ccccc2)c2ccccc2)cc1. The number of para-hydroxylation sites is 2. The van der Waals surface area contributed by atoms with Crippen molar-refractivity contribution in [3.8, 4) is 0 Å². The zero-order valence-corrected chi connectivity index (χ0v) is 14.6. The molecule has 0 radical (unpaired) electrons. The highest BCUT2D eigenvalue weighted by atomic mass is 16.1. The Morgan fingerprint density at radius 1 is 0.720 bits per heavy atom. The van der Waals surface area contributed by atoms with Gasteiger partial charge in [0.25, 0.3) is 0 Å². The topological polar surface area (TPSA) is 20.3 Å². The molecule has 0 unspecified atom stereocenters. The van der Waals surface area contributed by atoms with Gasteiger partial charge in [0.2, 0.25) is 0 Å². The minimum atomic E-state index is 0.222. The quantitative estimate of drug-likeness (QED) is 0.459. The van der Waals surface area contributed by atoms with Gasteiger partial charge in [0.05, 0.1) is 0 Å². The van der Waals surface area contributed by atoms with Crippen molar-refractivity contribution in [3.63, 3.8) is 0 Å². The van der Waals surface area contributed by atoms with Gasteiger partial charge in [-0.15, -0.1) is 0 Å². The molecule has 0 spiro atoms. The Balaban J connectivity index is 1.93. The summed E-state index contributed by atoms with van der Waals surface area (Å²) in [4.78, 5) is 14.4. The van der Waals surface area contributed by atoms with Gasteiger partial charge in [0.1, 0.15) is 0 Å². The molecule has 0 bridgehead atoms. The van der Waals surface area contributed by atoms with Crippen molar-refractivity contribution in [2.75, 3.05) is 4.90 Å². The van der Waals surface area contributed by atoms with E-state index in [9.17, 15) is 4.79 Å². The summed E-state index contributed by atoms with van der Waals surface area (Å²) in [5.41, 5.74) is 4.03. The predicted molar refractivity (Wildman–Crippen MR) is 105 cm³/mol. The maximum atomic E-state index is 12.2. The van der Waals surface area contributed by atoms with Gasteiger partial charge in [-0.2, -0.15) is 0 Å².